The number of hydrogen-bond acceptors (Lipinski definition) is 2. The Bertz CT molecular complexity index is 473. The van der Waals surface area contributed by atoms with E-state index < -0.39 is 5.97 Å². The summed E-state index contributed by atoms with van der Waals surface area (Å²) >= 11 is 0. The molecule has 0 atom stereocenters. The van der Waals surface area contributed by atoms with Crippen molar-refractivity contribution in [1.82, 2.24) is 9.55 Å². The van der Waals surface area contributed by atoms with Crippen LogP contribution < -0.4 is 0 Å². The number of pyridine rings is 1. The number of aryl methyl sites for hydroxylation is 1. The first-order valence-electron chi connectivity index (χ1n) is 3.83. The van der Waals surface area contributed by atoms with Crippen LogP contribution in [0.15, 0.2) is 24.5 Å². The van der Waals surface area contributed by atoms with Crippen LogP contribution in [0.2, 0.25) is 0 Å². The van der Waals surface area contributed by atoms with Gasteiger partial charge in [0.2, 0.25) is 0 Å². The predicted octanol–water partition coefficient (Wildman–Crippen LogP) is 1.27. The summed E-state index contributed by atoms with van der Waals surface area (Å²) in [5, 5.41) is 9.55. The van der Waals surface area contributed by atoms with Crippen molar-refractivity contribution in [1.29, 1.82) is 0 Å². The minimum Gasteiger partial charge on any atom is -0.478 e. The number of nitrogens with zero attached hydrogens (tertiary/aromatic N) is 2. The average molecular weight is 176 g/mol. The number of carboxylic acids is 1. The first-order valence-corrected chi connectivity index (χ1v) is 3.83. The van der Waals surface area contributed by atoms with Gasteiger partial charge in [-0.3, -0.25) is 0 Å². The summed E-state index contributed by atoms with van der Waals surface area (Å²) in [6.07, 6.45) is 3.22. The van der Waals surface area contributed by atoms with Crippen LogP contribution in [0.3, 0.4) is 0 Å². The minimum absolute atomic E-state index is 0.221. The molecule has 0 aliphatic heterocycles. The van der Waals surface area contributed by atoms with Gasteiger partial charge in [-0.2, -0.15) is 0 Å². The minimum atomic E-state index is -0.946. The van der Waals surface area contributed by atoms with Gasteiger partial charge in [0.1, 0.15) is 5.65 Å². The monoisotopic (exact) mass is 176 g/mol. The fourth-order valence-corrected chi connectivity index (χ4v) is 1.27. The Labute approximate surface area is 74.4 Å². The molecule has 2 rings (SSSR count). The SMILES string of the molecule is Cn1ccc2cc(C(=O)O)cnc21. The van der Waals surface area contributed by atoms with Crippen LogP contribution in [0.4, 0.5) is 0 Å². The lowest BCUT2D eigenvalue weighted by Crippen LogP contribution is -1.97. The molecule has 13 heavy (non-hydrogen) atoms. The number of aromatic nitrogens is 2. The molecule has 4 nitrogen and oxygen atoms in total. The van der Waals surface area contributed by atoms with Gasteiger partial charge in [0, 0.05) is 24.8 Å². The Hall–Kier alpha value is -1.84. The second-order valence-corrected chi connectivity index (χ2v) is 2.87. The lowest BCUT2D eigenvalue weighted by Gasteiger charge is -1.96. The van der Waals surface area contributed by atoms with E-state index in [1.165, 1.54) is 6.20 Å². The molecule has 0 amide bonds. The van der Waals surface area contributed by atoms with E-state index in [1.807, 2.05) is 23.9 Å². The molecule has 0 unspecified atom stereocenters. The van der Waals surface area contributed by atoms with Gasteiger partial charge >= 0.3 is 5.97 Å². The van der Waals surface area contributed by atoms with Gasteiger partial charge in [0.25, 0.3) is 0 Å². The summed E-state index contributed by atoms with van der Waals surface area (Å²) in [6, 6.07) is 3.46. The van der Waals surface area contributed by atoms with E-state index in [1.54, 1.807) is 6.07 Å². The van der Waals surface area contributed by atoms with Crippen LogP contribution in [0.1, 0.15) is 10.4 Å². The predicted molar refractivity (Wildman–Crippen MR) is 47.7 cm³/mol. The van der Waals surface area contributed by atoms with Crippen LogP contribution in [-0.4, -0.2) is 20.6 Å². The van der Waals surface area contributed by atoms with Gasteiger partial charge in [0.15, 0.2) is 0 Å². The highest BCUT2D eigenvalue weighted by atomic mass is 16.4. The van der Waals surface area contributed by atoms with Gasteiger partial charge in [0.05, 0.1) is 5.56 Å². The van der Waals surface area contributed by atoms with Gasteiger partial charge < -0.3 is 9.67 Å². The molecule has 2 aromatic rings. The fourth-order valence-electron chi connectivity index (χ4n) is 1.27. The summed E-state index contributed by atoms with van der Waals surface area (Å²) < 4.78 is 1.85. The molecule has 0 spiro atoms. The van der Waals surface area contributed by atoms with Crippen molar-refractivity contribution >= 4 is 17.0 Å². The number of carbonyl (C=O) groups is 1. The van der Waals surface area contributed by atoms with E-state index in [2.05, 4.69) is 4.98 Å². The molecule has 0 aromatic carbocycles. The van der Waals surface area contributed by atoms with E-state index >= 15 is 0 Å². The third-order valence-electron chi connectivity index (χ3n) is 1.95. The second-order valence-electron chi connectivity index (χ2n) is 2.87. The molecule has 2 aromatic heterocycles. The summed E-state index contributed by atoms with van der Waals surface area (Å²) in [4.78, 5) is 14.6. The molecule has 2 heterocycles. The van der Waals surface area contributed by atoms with Gasteiger partial charge in [-0.1, -0.05) is 0 Å². The lowest BCUT2D eigenvalue weighted by atomic mass is 10.2. The average Bonchev–Trinajstić information content (AvgIpc) is 2.47. The van der Waals surface area contributed by atoms with Crippen molar-refractivity contribution in [3.8, 4) is 0 Å². The Kier molecular flexibility index (Phi) is 1.55. The van der Waals surface area contributed by atoms with Crippen molar-refractivity contribution in [3.63, 3.8) is 0 Å². The maximum absolute atomic E-state index is 10.6. The first kappa shape index (κ1) is 7.79. The highest BCUT2D eigenvalue weighted by Crippen LogP contribution is 2.13. The summed E-state index contributed by atoms with van der Waals surface area (Å²) in [6.45, 7) is 0. The number of hydrogen-bond donors (Lipinski definition) is 1. The van der Waals surface area contributed by atoms with E-state index in [9.17, 15) is 4.79 Å². The zero-order chi connectivity index (χ0) is 9.42. The molecule has 0 saturated carbocycles. The van der Waals surface area contributed by atoms with Crippen molar-refractivity contribution in [2.45, 2.75) is 0 Å². The van der Waals surface area contributed by atoms with Gasteiger partial charge in [-0.25, -0.2) is 9.78 Å². The van der Waals surface area contributed by atoms with Crippen LogP contribution in [0.5, 0.6) is 0 Å². The van der Waals surface area contributed by atoms with Crippen molar-refractivity contribution in [2.24, 2.45) is 7.05 Å². The third kappa shape index (κ3) is 1.16. The Balaban J connectivity index is 2.70. The highest BCUT2D eigenvalue weighted by Gasteiger charge is 2.05. The van der Waals surface area contributed by atoms with E-state index in [-0.39, 0.29) is 5.56 Å². The number of fused-ring (bicyclic) bond motifs is 1. The Morgan fingerprint density at radius 1 is 1.62 bits per heavy atom. The molecular weight excluding hydrogens is 168 g/mol. The molecule has 4 heteroatoms. The third-order valence-corrected chi connectivity index (χ3v) is 1.95. The maximum Gasteiger partial charge on any atom is 0.337 e. The molecule has 0 aliphatic rings. The fraction of sp³-hybridized carbons (Fsp3) is 0.111. The molecule has 0 aliphatic carbocycles. The molecule has 0 radical (unpaired) electrons. The first-order chi connectivity index (χ1) is 6.18. The van der Waals surface area contributed by atoms with Gasteiger partial charge in [-0.15, -0.1) is 0 Å². The van der Waals surface area contributed by atoms with E-state index in [4.69, 9.17) is 5.11 Å². The normalized spacial score (nSPS) is 10.5. The molecule has 66 valence electrons. The zero-order valence-electron chi connectivity index (χ0n) is 7.06. The van der Waals surface area contributed by atoms with Crippen molar-refractivity contribution in [3.05, 3.63) is 30.1 Å². The lowest BCUT2D eigenvalue weighted by molar-refractivity contribution is 0.0696. The van der Waals surface area contributed by atoms with Crippen molar-refractivity contribution in [2.75, 3.05) is 0 Å². The van der Waals surface area contributed by atoms with Crippen LogP contribution in [-0.2, 0) is 7.05 Å². The van der Waals surface area contributed by atoms with E-state index in [0.717, 1.165) is 11.0 Å². The molecular formula is C9H8N2O2. The van der Waals surface area contributed by atoms with Crippen molar-refractivity contribution < 1.29 is 9.90 Å². The van der Waals surface area contributed by atoms with Crippen LogP contribution in [0.25, 0.3) is 11.0 Å². The van der Waals surface area contributed by atoms with Gasteiger partial charge in [-0.05, 0) is 12.1 Å². The molecule has 0 saturated heterocycles. The quantitative estimate of drug-likeness (QED) is 0.711. The standard InChI is InChI=1S/C9H8N2O2/c1-11-3-2-6-4-7(9(12)13)5-10-8(6)11/h2-5H,1H3,(H,12,13). The molecule has 1 N–H and O–H groups in total. The molecule has 0 bridgehead atoms. The Morgan fingerprint density at radius 2 is 2.38 bits per heavy atom. The molecule has 0 fully saturated rings. The van der Waals surface area contributed by atoms with Crippen LogP contribution >= 0.6 is 0 Å². The number of aromatic carboxylic acids is 1. The topological polar surface area (TPSA) is 55.1 Å². The summed E-state index contributed by atoms with van der Waals surface area (Å²) in [7, 11) is 1.87. The smallest absolute Gasteiger partial charge is 0.337 e. The van der Waals surface area contributed by atoms with Crippen LogP contribution in [0, 0.1) is 0 Å². The number of carboxylic acid groups (broad SMARTS) is 1. The summed E-state index contributed by atoms with van der Waals surface area (Å²) in [5.74, 6) is -0.946. The second kappa shape index (κ2) is 2.58. The zero-order valence-corrected chi connectivity index (χ0v) is 7.06. The summed E-state index contributed by atoms with van der Waals surface area (Å²) in [5.41, 5.74) is 1.02. The largest absolute Gasteiger partial charge is 0.478 e. The van der Waals surface area contributed by atoms with E-state index in [0.29, 0.717) is 0 Å². The Morgan fingerprint density at radius 3 is 3.08 bits per heavy atom. The maximum atomic E-state index is 10.6. The highest BCUT2D eigenvalue weighted by molar-refractivity contribution is 5.91. The number of rotatable bonds is 1.